The van der Waals surface area contributed by atoms with E-state index in [2.05, 4.69) is 17.1 Å². The molecule has 0 aliphatic carbocycles. The Labute approximate surface area is 112 Å². The summed E-state index contributed by atoms with van der Waals surface area (Å²) in [6, 6.07) is 0.515. The van der Waals surface area contributed by atoms with Crippen LogP contribution in [0.4, 0.5) is 0 Å². The summed E-state index contributed by atoms with van der Waals surface area (Å²) < 4.78 is 0. The molecule has 1 rings (SSSR count). The molecule has 1 fully saturated rings. The topological polar surface area (TPSA) is 35.6 Å². The standard InChI is InChI=1S/C14H29N3O/c1-4-16-10-7-8-13(9-11-16)15-12-14(18)17(5-2)6-3/h13,15H,4-12H2,1-3H3. The molecule has 1 aliphatic heterocycles. The average Bonchev–Trinajstić information content (AvgIpc) is 2.62. The van der Waals surface area contributed by atoms with Gasteiger partial charge in [-0.15, -0.1) is 0 Å². The van der Waals surface area contributed by atoms with Crippen molar-refractivity contribution in [2.45, 2.75) is 46.1 Å². The highest BCUT2D eigenvalue weighted by Gasteiger charge is 2.17. The molecule has 18 heavy (non-hydrogen) atoms. The molecule has 0 radical (unpaired) electrons. The predicted octanol–water partition coefficient (Wildman–Crippen LogP) is 1.32. The lowest BCUT2D eigenvalue weighted by Gasteiger charge is -2.22. The first-order valence-electron chi connectivity index (χ1n) is 7.44. The SMILES string of the molecule is CCN1CCCC(NCC(=O)N(CC)CC)CC1. The van der Waals surface area contributed by atoms with Crippen molar-refractivity contribution in [1.29, 1.82) is 0 Å². The highest BCUT2D eigenvalue weighted by atomic mass is 16.2. The number of likely N-dealkylation sites (N-methyl/N-ethyl adjacent to an activating group) is 1. The van der Waals surface area contributed by atoms with E-state index >= 15 is 0 Å². The fourth-order valence-corrected chi connectivity index (χ4v) is 2.60. The number of hydrogen-bond donors (Lipinski definition) is 1. The minimum atomic E-state index is 0.233. The zero-order chi connectivity index (χ0) is 13.4. The molecule has 1 heterocycles. The van der Waals surface area contributed by atoms with E-state index < -0.39 is 0 Å². The van der Waals surface area contributed by atoms with Crippen LogP contribution < -0.4 is 5.32 Å². The minimum Gasteiger partial charge on any atom is -0.342 e. The van der Waals surface area contributed by atoms with Gasteiger partial charge in [-0.05, 0) is 52.7 Å². The van der Waals surface area contributed by atoms with Gasteiger partial charge in [-0.3, -0.25) is 4.79 Å². The lowest BCUT2D eigenvalue weighted by Crippen LogP contribution is -2.41. The Morgan fingerprint density at radius 1 is 1.22 bits per heavy atom. The van der Waals surface area contributed by atoms with E-state index in [1.807, 2.05) is 18.7 Å². The van der Waals surface area contributed by atoms with E-state index in [4.69, 9.17) is 0 Å². The van der Waals surface area contributed by atoms with E-state index in [0.717, 1.165) is 26.2 Å². The van der Waals surface area contributed by atoms with Crippen molar-refractivity contribution in [3.63, 3.8) is 0 Å². The van der Waals surface area contributed by atoms with E-state index in [-0.39, 0.29) is 5.91 Å². The Kier molecular flexibility index (Phi) is 7.28. The van der Waals surface area contributed by atoms with E-state index in [1.54, 1.807) is 0 Å². The van der Waals surface area contributed by atoms with Crippen LogP contribution in [0.2, 0.25) is 0 Å². The van der Waals surface area contributed by atoms with Gasteiger partial charge >= 0.3 is 0 Å². The van der Waals surface area contributed by atoms with Crippen molar-refractivity contribution in [3.8, 4) is 0 Å². The number of nitrogens with zero attached hydrogens (tertiary/aromatic N) is 2. The lowest BCUT2D eigenvalue weighted by molar-refractivity contribution is -0.130. The Balaban J connectivity index is 2.28. The maximum Gasteiger partial charge on any atom is 0.236 e. The molecule has 4 nitrogen and oxygen atoms in total. The Morgan fingerprint density at radius 2 is 1.94 bits per heavy atom. The highest BCUT2D eigenvalue weighted by molar-refractivity contribution is 5.78. The van der Waals surface area contributed by atoms with Crippen LogP contribution in [0.25, 0.3) is 0 Å². The van der Waals surface area contributed by atoms with Gasteiger partial charge in [0.25, 0.3) is 0 Å². The van der Waals surface area contributed by atoms with Crippen molar-refractivity contribution < 1.29 is 4.79 Å². The maximum absolute atomic E-state index is 11.9. The lowest BCUT2D eigenvalue weighted by atomic mass is 10.1. The number of carbonyl (C=O) groups excluding carboxylic acids is 1. The molecular weight excluding hydrogens is 226 g/mol. The van der Waals surface area contributed by atoms with Crippen LogP contribution in [-0.2, 0) is 4.79 Å². The summed E-state index contributed by atoms with van der Waals surface area (Å²) in [6.45, 7) is 11.9. The number of likely N-dealkylation sites (tertiary alicyclic amines) is 1. The van der Waals surface area contributed by atoms with Gasteiger partial charge in [0.05, 0.1) is 6.54 Å². The van der Waals surface area contributed by atoms with E-state index in [1.165, 1.54) is 25.8 Å². The number of rotatable bonds is 6. The summed E-state index contributed by atoms with van der Waals surface area (Å²) in [5.41, 5.74) is 0. The average molecular weight is 255 g/mol. The molecule has 0 saturated carbocycles. The molecule has 0 aromatic carbocycles. The zero-order valence-corrected chi connectivity index (χ0v) is 12.2. The highest BCUT2D eigenvalue weighted by Crippen LogP contribution is 2.10. The molecular formula is C14H29N3O. The second kappa shape index (κ2) is 8.48. The zero-order valence-electron chi connectivity index (χ0n) is 12.2. The van der Waals surface area contributed by atoms with Gasteiger partial charge in [-0.1, -0.05) is 6.92 Å². The van der Waals surface area contributed by atoms with Gasteiger partial charge in [-0.2, -0.15) is 0 Å². The molecule has 0 aromatic rings. The number of carbonyl (C=O) groups is 1. The third-order valence-corrected chi connectivity index (χ3v) is 3.93. The molecule has 1 saturated heterocycles. The fourth-order valence-electron chi connectivity index (χ4n) is 2.60. The molecule has 1 atom stereocenters. The van der Waals surface area contributed by atoms with Crippen molar-refractivity contribution in [2.24, 2.45) is 0 Å². The summed E-state index contributed by atoms with van der Waals surface area (Å²) >= 11 is 0. The van der Waals surface area contributed by atoms with Crippen LogP contribution in [0.5, 0.6) is 0 Å². The van der Waals surface area contributed by atoms with Crippen LogP contribution in [0.3, 0.4) is 0 Å². The van der Waals surface area contributed by atoms with Crippen LogP contribution in [0.1, 0.15) is 40.0 Å². The normalized spacial score (nSPS) is 21.6. The van der Waals surface area contributed by atoms with Crippen LogP contribution >= 0.6 is 0 Å². The largest absolute Gasteiger partial charge is 0.342 e. The first-order chi connectivity index (χ1) is 8.71. The van der Waals surface area contributed by atoms with Crippen LogP contribution in [0, 0.1) is 0 Å². The molecule has 106 valence electrons. The summed E-state index contributed by atoms with van der Waals surface area (Å²) in [7, 11) is 0. The third-order valence-electron chi connectivity index (χ3n) is 3.93. The van der Waals surface area contributed by atoms with Crippen molar-refractivity contribution in [3.05, 3.63) is 0 Å². The smallest absolute Gasteiger partial charge is 0.236 e. The molecule has 1 amide bonds. The van der Waals surface area contributed by atoms with Crippen LogP contribution in [0.15, 0.2) is 0 Å². The molecule has 0 aromatic heterocycles. The predicted molar refractivity (Wildman–Crippen MR) is 75.7 cm³/mol. The van der Waals surface area contributed by atoms with E-state index in [0.29, 0.717) is 12.6 Å². The van der Waals surface area contributed by atoms with Gasteiger partial charge in [0.15, 0.2) is 0 Å². The van der Waals surface area contributed by atoms with Gasteiger partial charge in [-0.25, -0.2) is 0 Å². The van der Waals surface area contributed by atoms with Gasteiger partial charge in [0.2, 0.25) is 5.91 Å². The van der Waals surface area contributed by atoms with Gasteiger partial charge < -0.3 is 15.1 Å². The molecule has 1 N–H and O–H groups in total. The molecule has 0 spiro atoms. The third kappa shape index (κ3) is 4.94. The minimum absolute atomic E-state index is 0.233. The first-order valence-corrected chi connectivity index (χ1v) is 7.44. The summed E-state index contributed by atoms with van der Waals surface area (Å²) in [5, 5.41) is 3.44. The Bertz CT molecular complexity index is 241. The van der Waals surface area contributed by atoms with E-state index in [9.17, 15) is 4.79 Å². The van der Waals surface area contributed by atoms with Gasteiger partial charge in [0.1, 0.15) is 0 Å². The number of hydrogen-bond acceptors (Lipinski definition) is 3. The van der Waals surface area contributed by atoms with Crippen molar-refractivity contribution in [2.75, 3.05) is 39.3 Å². The second-order valence-electron chi connectivity index (χ2n) is 5.01. The molecule has 4 heteroatoms. The summed E-state index contributed by atoms with van der Waals surface area (Å²) in [4.78, 5) is 16.3. The maximum atomic E-state index is 11.9. The molecule has 1 unspecified atom stereocenters. The Morgan fingerprint density at radius 3 is 2.56 bits per heavy atom. The number of nitrogens with one attached hydrogen (secondary N) is 1. The first kappa shape index (κ1) is 15.4. The monoisotopic (exact) mass is 255 g/mol. The second-order valence-corrected chi connectivity index (χ2v) is 5.01. The fraction of sp³-hybridized carbons (Fsp3) is 0.929. The van der Waals surface area contributed by atoms with Gasteiger partial charge in [0, 0.05) is 19.1 Å². The number of amides is 1. The Hall–Kier alpha value is -0.610. The van der Waals surface area contributed by atoms with Crippen molar-refractivity contribution in [1.82, 2.24) is 15.1 Å². The summed E-state index contributed by atoms with van der Waals surface area (Å²) in [6.07, 6.45) is 3.60. The van der Waals surface area contributed by atoms with Crippen LogP contribution in [-0.4, -0.2) is 61.0 Å². The van der Waals surface area contributed by atoms with Crippen molar-refractivity contribution >= 4 is 5.91 Å². The quantitative estimate of drug-likeness (QED) is 0.777. The summed E-state index contributed by atoms with van der Waals surface area (Å²) in [5.74, 6) is 0.233. The molecule has 0 bridgehead atoms. The molecule has 1 aliphatic rings.